The maximum atomic E-state index is 14.3. The van der Waals surface area contributed by atoms with Crippen LogP contribution in [0.1, 0.15) is 30.0 Å². The van der Waals surface area contributed by atoms with Gasteiger partial charge in [-0.05, 0) is 50.2 Å². The van der Waals surface area contributed by atoms with Crippen LogP contribution in [0.25, 0.3) is 5.76 Å². The lowest BCUT2D eigenvalue weighted by atomic mass is 9.94. The molecule has 0 bridgehead atoms. The van der Waals surface area contributed by atoms with Crippen molar-refractivity contribution in [2.24, 2.45) is 0 Å². The second-order valence-corrected chi connectivity index (χ2v) is 8.13. The molecule has 0 spiro atoms. The molecule has 2 aromatic carbocycles. The van der Waals surface area contributed by atoms with E-state index in [4.69, 9.17) is 9.47 Å². The fourth-order valence-electron chi connectivity index (χ4n) is 4.55. The van der Waals surface area contributed by atoms with E-state index in [-0.39, 0.29) is 16.9 Å². The lowest BCUT2D eigenvalue weighted by molar-refractivity contribution is -0.140. The summed E-state index contributed by atoms with van der Waals surface area (Å²) in [4.78, 5) is 29.9. The SMILES string of the molecule is COc1ccc(/C(O)=C2\C(=O)C(=O)N(CCN3CCCC3)C2c2ccccc2OC)cc1F. The van der Waals surface area contributed by atoms with Crippen molar-refractivity contribution in [2.75, 3.05) is 40.4 Å². The minimum absolute atomic E-state index is 0.0129. The van der Waals surface area contributed by atoms with Crippen LogP contribution in [0.5, 0.6) is 11.5 Å². The number of aliphatic hydroxyl groups is 1. The number of likely N-dealkylation sites (tertiary alicyclic amines) is 2. The predicted molar refractivity (Wildman–Crippen MR) is 121 cm³/mol. The van der Waals surface area contributed by atoms with E-state index >= 15 is 0 Å². The Balaban J connectivity index is 1.81. The van der Waals surface area contributed by atoms with Gasteiger partial charge in [0.25, 0.3) is 11.7 Å². The number of hydrogen-bond acceptors (Lipinski definition) is 6. The first-order valence-corrected chi connectivity index (χ1v) is 10.9. The zero-order chi connectivity index (χ0) is 23.5. The van der Waals surface area contributed by atoms with Gasteiger partial charge in [0.05, 0.1) is 25.8 Å². The Labute approximate surface area is 192 Å². The highest BCUT2D eigenvalue weighted by atomic mass is 19.1. The van der Waals surface area contributed by atoms with Gasteiger partial charge in [0.1, 0.15) is 11.5 Å². The third-order valence-corrected chi connectivity index (χ3v) is 6.25. The smallest absolute Gasteiger partial charge is 0.295 e. The number of Topliss-reactive ketones (excluding diaryl/α,β-unsaturated/α-hetero) is 1. The van der Waals surface area contributed by atoms with Gasteiger partial charge in [-0.3, -0.25) is 9.59 Å². The lowest BCUT2D eigenvalue weighted by Crippen LogP contribution is -2.37. The molecular formula is C25H27FN2O5. The fraction of sp³-hybridized carbons (Fsp3) is 0.360. The lowest BCUT2D eigenvalue weighted by Gasteiger charge is -2.28. The van der Waals surface area contributed by atoms with Gasteiger partial charge >= 0.3 is 0 Å². The zero-order valence-corrected chi connectivity index (χ0v) is 18.7. The molecule has 2 fully saturated rings. The minimum Gasteiger partial charge on any atom is -0.507 e. The number of hydrogen-bond donors (Lipinski definition) is 1. The maximum Gasteiger partial charge on any atom is 0.295 e. The number of rotatable bonds is 7. The second-order valence-electron chi connectivity index (χ2n) is 8.13. The molecule has 4 rings (SSSR count). The Morgan fingerprint density at radius 3 is 2.39 bits per heavy atom. The van der Waals surface area contributed by atoms with Crippen molar-refractivity contribution < 1.29 is 28.6 Å². The number of para-hydroxylation sites is 1. The third kappa shape index (κ3) is 4.30. The number of carbonyl (C=O) groups is 2. The first-order chi connectivity index (χ1) is 16.0. The number of methoxy groups -OCH3 is 2. The molecule has 7 nitrogen and oxygen atoms in total. The molecule has 33 heavy (non-hydrogen) atoms. The summed E-state index contributed by atoms with van der Waals surface area (Å²) in [6.45, 7) is 2.85. The molecule has 2 aliphatic rings. The highest BCUT2D eigenvalue weighted by molar-refractivity contribution is 6.46. The van der Waals surface area contributed by atoms with E-state index in [1.165, 1.54) is 31.3 Å². The Hall–Kier alpha value is -3.39. The number of ether oxygens (including phenoxy) is 2. The third-order valence-electron chi connectivity index (χ3n) is 6.25. The number of amides is 1. The number of benzene rings is 2. The normalized spacial score (nSPS) is 20.5. The summed E-state index contributed by atoms with van der Waals surface area (Å²) >= 11 is 0. The highest BCUT2D eigenvalue weighted by Gasteiger charge is 2.47. The molecule has 1 N–H and O–H groups in total. The van der Waals surface area contributed by atoms with Gasteiger partial charge in [0.15, 0.2) is 11.6 Å². The number of halogens is 1. The molecule has 2 aromatic rings. The topological polar surface area (TPSA) is 79.3 Å². The molecule has 2 heterocycles. The molecule has 0 aromatic heterocycles. The van der Waals surface area contributed by atoms with Crippen LogP contribution in [-0.2, 0) is 9.59 Å². The summed E-state index contributed by atoms with van der Waals surface area (Å²) in [5.74, 6) is -2.11. The Morgan fingerprint density at radius 1 is 1.03 bits per heavy atom. The first-order valence-electron chi connectivity index (χ1n) is 10.9. The second kappa shape index (κ2) is 9.62. The summed E-state index contributed by atoms with van der Waals surface area (Å²) in [6, 6.07) is 10.1. The largest absolute Gasteiger partial charge is 0.507 e. The van der Waals surface area contributed by atoms with Gasteiger partial charge in [-0.2, -0.15) is 0 Å². The van der Waals surface area contributed by atoms with E-state index in [9.17, 15) is 19.1 Å². The van der Waals surface area contributed by atoms with E-state index in [0.717, 1.165) is 32.0 Å². The standard InChI is InChI=1S/C25H27FN2O5/c1-32-19-8-4-3-7-17(19)22-21(23(29)16-9-10-20(33-2)18(26)15-16)24(30)25(31)28(22)14-13-27-11-5-6-12-27/h3-4,7-10,15,22,29H,5-6,11-14H2,1-2H3/b23-21+. The number of ketones is 1. The van der Waals surface area contributed by atoms with Gasteiger partial charge in [0.2, 0.25) is 0 Å². The Morgan fingerprint density at radius 2 is 1.73 bits per heavy atom. The molecule has 1 atom stereocenters. The van der Waals surface area contributed by atoms with Crippen molar-refractivity contribution in [3.8, 4) is 11.5 Å². The van der Waals surface area contributed by atoms with E-state index < -0.39 is 29.3 Å². The predicted octanol–water partition coefficient (Wildman–Crippen LogP) is 3.36. The number of aliphatic hydroxyl groups excluding tert-OH is 1. The molecule has 2 saturated heterocycles. The molecular weight excluding hydrogens is 427 g/mol. The molecule has 174 valence electrons. The van der Waals surface area contributed by atoms with Crippen LogP contribution in [0, 0.1) is 5.82 Å². The van der Waals surface area contributed by atoms with Crippen molar-refractivity contribution >= 4 is 17.4 Å². The van der Waals surface area contributed by atoms with Crippen LogP contribution >= 0.6 is 0 Å². The van der Waals surface area contributed by atoms with Crippen LogP contribution in [0.15, 0.2) is 48.0 Å². The molecule has 0 aliphatic carbocycles. The summed E-state index contributed by atoms with van der Waals surface area (Å²) in [5.41, 5.74) is 0.581. The summed E-state index contributed by atoms with van der Waals surface area (Å²) in [6.07, 6.45) is 2.22. The fourth-order valence-corrected chi connectivity index (χ4v) is 4.55. The van der Waals surface area contributed by atoms with E-state index in [1.807, 2.05) is 0 Å². The van der Waals surface area contributed by atoms with E-state index in [0.29, 0.717) is 24.4 Å². The van der Waals surface area contributed by atoms with Gasteiger partial charge in [0, 0.05) is 24.2 Å². The monoisotopic (exact) mass is 454 g/mol. The zero-order valence-electron chi connectivity index (χ0n) is 18.7. The molecule has 0 saturated carbocycles. The average molecular weight is 454 g/mol. The van der Waals surface area contributed by atoms with Crippen LogP contribution in [0.3, 0.4) is 0 Å². The molecule has 1 amide bonds. The number of carbonyl (C=O) groups excluding carboxylic acids is 2. The molecule has 1 unspecified atom stereocenters. The molecule has 0 radical (unpaired) electrons. The quantitative estimate of drug-likeness (QED) is 0.393. The van der Waals surface area contributed by atoms with Crippen LogP contribution in [0.2, 0.25) is 0 Å². The Bertz CT molecular complexity index is 1090. The van der Waals surface area contributed by atoms with Crippen molar-refractivity contribution in [2.45, 2.75) is 18.9 Å². The van der Waals surface area contributed by atoms with Crippen LogP contribution in [0.4, 0.5) is 4.39 Å². The van der Waals surface area contributed by atoms with Crippen LogP contribution in [-0.4, -0.2) is 67.0 Å². The van der Waals surface area contributed by atoms with Gasteiger partial charge in [-0.25, -0.2) is 4.39 Å². The van der Waals surface area contributed by atoms with Crippen molar-refractivity contribution in [3.05, 3.63) is 65.0 Å². The van der Waals surface area contributed by atoms with Gasteiger partial charge in [-0.15, -0.1) is 0 Å². The maximum absolute atomic E-state index is 14.3. The van der Waals surface area contributed by atoms with Gasteiger partial charge in [-0.1, -0.05) is 18.2 Å². The van der Waals surface area contributed by atoms with Crippen molar-refractivity contribution in [1.82, 2.24) is 9.80 Å². The van der Waals surface area contributed by atoms with Crippen LogP contribution < -0.4 is 9.47 Å². The van der Waals surface area contributed by atoms with E-state index in [2.05, 4.69) is 4.90 Å². The summed E-state index contributed by atoms with van der Waals surface area (Å²) in [7, 11) is 2.85. The summed E-state index contributed by atoms with van der Waals surface area (Å²) < 4.78 is 24.8. The molecule has 8 heteroatoms. The highest BCUT2D eigenvalue weighted by Crippen LogP contribution is 2.42. The summed E-state index contributed by atoms with van der Waals surface area (Å²) in [5, 5.41) is 11.1. The Kier molecular flexibility index (Phi) is 6.65. The van der Waals surface area contributed by atoms with E-state index in [1.54, 1.807) is 24.3 Å². The average Bonchev–Trinajstić information content (AvgIpc) is 3.44. The number of nitrogens with zero attached hydrogens (tertiary/aromatic N) is 2. The molecule has 2 aliphatic heterocycles. The van der Waals surface area contributed by atoms with Gasteiger partial charge < -0.3 is 24.4 Å². The van der Waals surface area contributed by atoms with Crippen molar-refractivity contribution in [3.63, 3.8) is 0 Å². The van der Waals surface area contributed by atoms with Crippen molar-refractivity contribution in [1.29, 1.82) is 0 Å². The minimum atomic E-state index is -0.853. The first kappa shape index (κ1) is 22.8.